The summed E-state index contributed by atoms with van der Waals surface area (Å²) in [6.45, 7) is 0.778. The third-order valence-electron chi connectivity index (χ3n) is 5.00. The van der Waals surface area contributed by atoms with Crippen molar-refractivity contribution in [1.82, 2.24) is 4.31 Å². The van der Waals surface area contributed by atoms with E-state index in [0.29, 0.717) is 30.1 Å². The van der Waals surface area contributed by atoms with Crippen LogP contribution in [-0.2, 0) is 26.0 Å². The minimum atomic E-state index is -3.46. The van der Waals surface area contributed by atoms with E-state index in [4.69, 9.17) is 16.3 Å². The Kier molecular flexibility index (Phi) is 7.64. The molecule has 160 valence electrons. The highest BCUT2D eigenvalue weighted by Gasteiger charge is 2.25. The molecular formula is C22H24ClNO5S. The number of rotatable bonds is 8. The van der Waals surface area contributed by atoms with Gasteiger partial charge in [-0.3, -0.25) is 9.59 Å². The number of ketones is 1. The van der Waals surface area contributed by atoms with Crippen molar-refractivity contribution in [2.75, 3.05) is 19.7 Å². The van der Waals surface area contributed by atoms with Gasteiger partial charge in [-0.15, -0.1) is 0 Å². The first-order valence-corrected chi connectivity index (χ1v) is 11.7. The Morgan fingerprint density at radius 1 is 1.00 bits per heavy atom. The summed E-state index contributed by atoms with van der Waals surface area (Å²) in [5, 5.41) is 0.443. The molecule has 1 aliphatic heterocycles. The summed E-state index contributed by atoms with van der Waals surface area (Å²) in [5.74, 6) is -0.812. The zero-order valence-corrected chi connectivity index (χ0v) is 18.1. The van der Waals surface area contributed by atoms with Crippen molar-refractivity contribution in [2.45, 2.75) is 37.0 Å². The van der Waals surface area contributed by atoms with Crippen LogP contribution in [0, 0.1) is 0 Å². The summed E-state index contributed by atoms with van der Waals surface area (Å²) in [7, 11) is -3.46. The van der Waals surface area contributed by atoms with Crippen LogP contribution in [0.5, 0.6) is 0 Å². The van der Waals surface area contributed by atoms with E-state index in [1.165, 1.54) is 10.4 Å². The van der Waals surface area contributed by atoms with Crippen molar-refractivity contribution in [2.24, 2.45) is 0 Å². The largest absolute Gasteiger partial charge is 0.457 e. The molecule has 30 heavy (non-hydrogen) atoms. The smallest absolute Gasteiger partial charge is 0.306 e. The topological polar surface area (TPSA) is 80.8 Å². The maximum absolute atomic E-state index is 12.7. The Balaban J connectivity index is 1.48. The number of benzene rings is 2. The Bertz CT molecular complexity index is 998. The maximum atomic E-state index is 12.7. The average Bonchev–Trinajstić information content (AvgIpc) is 2.77. The molecule has 0 saturated carbocycles. The summed E-state index contributed by atoms with van der Waals surface area (Å²) in [6.07, 6.45) is 3.33. The Morgan fingerprint density at radius 3 is 2.37 bits per heavy atom. The van der Waals surface area contributed by atoms with Gasteiger partial charge in [-0.25, -0.2) is 8.42 Å². The Hall–Kier alpha value is -2.22. The molecule has 2 aromatic carbocycles. The van der Waals surface area contributed by atoms with Crippen molar-refractivity contribution in [3.8, 4) is 0 Å². The lowest BCUT2D eigenvalue weighted by molar-refractivity contribution is -0.142. The molecule has 0 unspecified atom stereocenters. The number of nitrogens with zero attached hydrogens (tertiary/aromatic N) is 1. The zero-order chi connectivity index (χ0) is 21.6. The first-order chi connectivity index (χ1) is 14.4. The van der Waals surface area contributed by atoms with E-state index in [1.54, 1.807) is 42.5 Å². The second-order valence-corrected chi connectivity index (χ2v) is 9.58. The van der Waals surface area contributed by atoms with E-state index in [2.05, 4.69) is 0 Å². The molecule has 0 N–H and O–H groups in total. The molecule has 0 amide bonds. The number of halogens is 1. The quantitative estimate of drug-likeness (QED) is 0.451. The van der Waals surface area contributed by atoms with Crippen molar-refractivity contribution in [1.29, 1.82) is 0 Å². The molecule has 1 fully saturated rings. The van der Waals surface area contributed by atoms with Gasteiger partial charge in [0.05, 0.1) is 4.90 Å². The SMILES string of the molecule is O=C(CCc1ccc(S(=O)(=O)N2CCCCC2)cc1)OCC(=O)c1cccc(Cl)c1. The molecule has 0 bridgehead atoms. The molecule has 6 nitrogen and oxygen atoms in total. The van der Waals surface area contributed by atoms with Crippen LogP contribution in [0.15, 0.2) is 53.4 Å². The van der Waals surface area contributed by atoms with Gasteiger partial charge in [-0.05, 0) is 49.1 Å². The minimum absolute atomic E-state index is 0.0983. The summed E-state index contributed by atoms with van der Waals surface area (Å²) in [5.41, 5.74) is 1.21. The first kappa shape index (κ1) is 22.5. The molecule has 1 saturated heterocycles. The van der Waals surface area contributed by atoms with Gasteiger partial charge in [0, 0.05) is 30.1 Å². The fourth-order valence-corrected chi connectivity index (χ4v) is 5.00. The zero-order valence-electron chi connectivity index (χ0n) is 16.6. The highest BCUT2D eigenvalue weighted by Crippen LogP contribution is 2.21. The Morgan fingerprint density at radius 2 is 1.70 bits per heavy atom. The lowest BCUT2D eigenvalue weighted by Crippen LogP contribution is -2.35. The number of carbonyl (C=O) groups is 2. The highest BCUT2D eigenvalue weighted by molar-refractivity contribution is 7.89. The number of hydrogen-bond donors (Lipinski definition) is 0. The molecule has 1 aliphatic rings. The standard InChI is InChI=1S/C22H24ClNO5S/c23-19-6-4-5-18(15-19)21(25)16-29-22(26)12-9-17-7-10-20(11-8-17)30(27,28)24-13-2-1-3-14-24/h4-8,10-11,15H,1-3,9,12-14,16H2. The monoisotopic (exact) mass is 449 g/mol. The van der Waals surface area contributed by atoms with E-state index in [-0.39, 0.29) is 23.7 Å². The van der Waals surface area contributed by atoms with E-state index in [1.807, 2.05) is 0 Å². The molecule has 0 atom stereocenters. The van der Waals surface area contributed by atoms with Crippen LogP contribution < -0.4 is 0 Å². The average molecular weight is 450 g/mol. The molecule has 2 aromatic rings. The van der Waals surface area contributed by atoms with E-state index >= 15 is 0 Å². The van der Waals surface area contributed by atoms with Gasteiger partial charge in [0.25, 0.3) is 0 Å². The van der Waals surface area contributed by atoms with Gasteiger partial charge < -0.3 is 4.74 Å². The first-order valence-electron chi connectivity index (χ1n) is 9.90. The van der Waals surface area contributed by atoms with Crippen molar-refractivity contribution in [3.05, 3.63) is 64.7 Å². The second-order valence-electron chi connectivity index (χ2n) is 7.20. The van der Waals surface area contributed by atoms with E-state index < -0.39 is 16.0 Å². The van der Waals surface area contributed by atoms with E-state index in [0.717, 1.165) is 24.8 Å². The fourth-order valence-electron chi connectivity index (χ4n) is 3.29. The van der Waals surface area contributed by atoms with Gasteiger partial charge >= 0.3 is 5.97 Å². The number of ether oxygens (including phenoxy) is 1. The molecule has 0 radical (unpaired) electrons. The van der Waals surface area contributed by atoms with Gasteiger partial charge in [-0.1, -0.05) is 42.3 Å². The number of Topliss-reactive ketones (excluding diaryl/α,β-unsaturated/α-hetero) is 1. The van der Waals surface area contributed by atoms with Crippen LogP contribution in [0.4, 0.5) is 0 Å². The predicted molar refractivity (Wildman–Crippen MR) is 114 cm³/mol. The minimum Gasteiger partial charge on any atom is -0.457 e. The van der Waals surface area contributed by atoms with Crippen LogP contribution in [0.1, 0.15) is 41.6 Å². The summed E-state index contributed by atoms with van der Waals surface area (Å²) in [4.78, 5) is 24.3. The van der Waals surface area contributed by atoms with Crippen LogP contribution in [0.2, 0.25) is 5.02 Å². The van der Waals surface area contributed by atoms with E-state index in [9.17, 15) is 18.0 Å². The Labute approximate surface area is 181 Å². The van der Waals surface area contributed by atoms with Crippen LogP contribution in [0.3, 0.4) is 0 Å². The highest BCUT2D eigenvalue weighted by atomic mass is 35.5. The number of sulfonamides is 1. The van der Waals surface area contributed by atoms with Crippen molar-refractivity contribution < 1.29 is 22.7 Å². The van der Waals surface area contributed by atoms with Crippen LogP contribution in [-0.4, -0.2) is 44.2 Å². The van der Waals surface area contributed by atoms with Gasteiger partial charge in [0.2, 0.25) is 10.0 Å². The number of piperidine rings is 1. The lowest BCUT2D eigenvalue weighted by atomic mass is 10.1. The van der Waals surface area contributed by atoms with Crippen LogP contribution in [0.25, 0.3) is 0 Å². The number of carbonyl (C=O) groups excluding carboxylic acids is 2. The van der Waals surface area contributed by atoms with Gasteiger partial charge in [0.15, 0.2) is 12.4 Å². The van der Waals surface area contributed by atoms with Crippen LogP contribution >= 0.6 is 11.6 Å². The second kappa shape index (κ2) is 10.2. The predicted octanol–water partition coefficient (Wildman–Crippen LogP) is 3.87. The lowest BCUT2D eigenvalue weighted by Gasteiger charge is -2.25. The number of hydrogen-bond acceptors (Lipinski definition) is 5. The molecule has 0 aromatic heterocycles. The molecule has 0 spiro atoms. The number of aryl methyl sites for hydroxylation is 1. The maximum Gasteiger partial charge on any atom is 0.306 e. The fraction of sp³-hybridized carbons (Fsp3) is 0.364. The third-order valence-corrected chi connectivity index (χ3v) is 7.15. The van der Waals surface area contributed by atoms with Crippen molar-refractivity contribution in [3.63, 3.8) is 0 Å². The van der Waals surface area contributed by atoms with Crippen molar-refractivity contribution >= 4 is 33.4 Å². The van der Waals surface area contributed by atoms with Gasteiger partial charge in [-0.2, -0.15) is 4.31 Å². The normalized spacial score (nSPS) is 15.0. The molecule has 1 heterocycles. The number of esters is 1. The molecule has 8 heteroatoms. The molecule has 3 rings (SSSR count). The van der Waals surface area contributed by atoms with Gasteiger partial charge in [0.1, 0.15) is 0 Å². The summed E-state index contributed by atoms with van der Waals surface area (Å²) < 4.78 is 31.9. The molecule has 0 aliphatic carbocycles. The molecular weight excluding hydrogens is 426 g/mol. The summed E-state index contributed by atoms with van der Waals surface area (Å²) >= 11 is 5.85. The summed E-state index contributed by atoms with van der Waals surface area (Å²) in [6, 6.07) is 13.0. The third kappa shape index (κ3) is 5.90.